The fourth-order valence-electron chi connectivity index (χ4n) is 4.11. The van der Waals surface area contributed by atoms with Crippen molar-refractivity contribution in [2.45, 2.75) is 54.3 Å². The molecular weight excluding hydrogens is 528 g/mol. The highest BCUT2D eigenvalue weighted by Crippen LogP contribution is 2.49. The molecule has 0 bridgehead atoms. The summed E-state index contributed by atoms with van der Waals surface area (Å²) in [6, 6.07) is 7.01. The van der Waals surface area contributed by atoms with Gasteiger partial charge in [0.05, 0.1) is 31.7 Å². The van der Waals surface area contributed by atoms with Crippen LogP contribution in [0.15, 0.2) is 41.3 Å². The normalized spacial score (nSPS) is 21.6. The van der Waals surface area contributed by atoms with Gasteiger partial charge in [0.25, 0.3) is 0 Å². The molecule has 1 saturated carbocycles. The Morgan fingerprint density at radius 3 is 2.39 bits per heavy atom. The number of ether oxygens (including phenoxy) is 1. The van der Waals surface area contributed by atoms with Gasteiger partial charge in [-0.1, -0.05) is 0 Å². The van der Waals surface area contributed by atoms with E-state index in [9.17, 15) is 35.1 Å². The van der Waals surface area contributed by atoms with Gasteiger partial charge >= 0.3 is 6.18 Å². The number of alkyl halides is 5. The summed E-state index contributed by atoms with van der Waals surface area (Å²) in [6.45, 7) is 0.657. The van der Waals surface area contributed by atoms with Crippen molar-refractivity contribution in [3.8, 4) is 5.75 Å². The average Bonchev–Trinajstić information content (AvgIpc) is 3.60. The molecule has 0 radical (unpaired) electrons. The van der Waals surface area contributed by atoms with Gasteiger partial charge in [-0.05, 0) is 80.5 Å². The molecule has 2 aromatic carbocycles. The summed E-state index contributed by atoms with van der Waals surface area (Å²) >= 11 is 0.544. The first-order valence-corrected chi connectivity index (χ1v) is 13.4. The lowest BCUT2D eigenvalue weighted by molar-refractivity contribution is -0.139. The van der Waals surface area contributed by atoms with Crippen molar-refractivity contribution >= 4 is 34.2 Å². The number of fused-ring (bicyclic) bond motifs is 1. The highest BCUT2D eigenvalue weighted by atomic mass is 32.2. The fraction of sp³-hybridized carbons (Fsp3) is 0.500. The molecule has 0 spiro atoms. The third kappa shape index (κ3) is 6.31. The second-order valence-electron chi connectivity index (χ2n) is 9.45. The summed E-state index contributed by atoms with van der Waals surface area (Å²) in [5, 5.41) is 0. The molecule has 36 heavy (non-hydrogen) atoms. The van der Waals surface area contributed by atoms with Gasteiger partial charge < -0.3 is 14.2 Å². The predicted octanol–water partition coefficient (Wildman–Crippen LogP) is 7.27. The molecule has 1 aliphatic heterocycles. The third-order valence-corrected chi connectivity index (χ3v) is 8.86. The highest BCUT2D eigenvalue weighted by Gasteiger charge is 2.46. The highest BCUT2D eigenvalue weighted by molar-refractivity contribution is 7.95. The van der Waals surface area contributed by atoms with Crippen molar-refractivity contribution in [1.82, 2.24) is 0 Å². The zero-order valence-electron chi connectivity index (χ0n) is 19.3. The van der Waals surface area contributed by atoms with Crippen LogP contribution in [0, 0.1) is 11.7 Å². The van der Waals surface area contributed by atoms with E-state index in [-0.39, 0.29) is 35.9 Å². The number of hydrogen-bond donors (Lipinski definition) is 1. The van der Waals surface area contributed by atoms with E-state index in [1.165, 1.54) is 17.0 Å². The largest absolute Gasteiger partial charge is 0.491 e. The zero-order valence-corrected chi connectivity index (χ0v) is 20.9. The molecule has 1 fully saturated rings. The van der Waals surface area contributed by atoms with Gasteiger partial charge in [0.15, 0.2) is 0 Å². The Morgan fingerprint density at radius 1 is 1.17 bits per heavy atom. The van der Waals surface area contributed by atoms with Crippen molar-refractivity contribution in [3.63, 3.8) is 0 Å². The van der Waals surface area contributed by atoms with Crippen molar-refractivity contribution in [2.75, 3.05) is 23.8 Å². The quantitative estimate of drug-likeness (QED) is 0.275. The number of nitrogens with zero attached hydrogens (tertiary/aromatic N) is 1. The summed E-state index contributed by atoms with van der Waals surface area (Å²) in [7, 11) is -1.81. The van der Waals surface area contributed by atoms with Crippen molar-refractivity contribution in [2.24, 2.45) is 5.92 Å². The molecule has 2 aromatic rings. The summed E-state index contributed by atoms with van der Waals surface area (Å²) in [5.74, 6) is -4.55. The lowest BCUT2D eigenvalue weighted by Crippen LogP contribution is -2.27. The molecular formula is C24H25F6NO3S2. The van der Waals surface area contributed by atoms with Crippen LogP contribution in [-0.4, -0.2) is 38.3 Å². The van der Waals surface area contributed by atoms with Crippen molar-refractivity contribution in [1.29, 1.82) is 0 Å². The average molecular weight is 554 g/mol. The van der Waals surface area contributed by atoms with E-state index in [1.54, 1.807) is 0 Å². The lowest BCUT2D eigenvalue weighted by atomic mass is 10.0. The molecule has 1 unspecified atom stereocenters. The molecule has 1 aliphatic carbocycles. The monoisotopic (exact) mass is 553 g/mol. The number of anilines is 2. The van der Waals surface area contributed by atoms with Crippen LogP contribution in [0.5, 0.6) is 5.75 Å². The molecule has 198 valence electrons. The van der Waals surface area contributed by atoms with Crippen LogP contribution in [-0.2, 0) is 17.0 Å². The second kappa shape index (κ2) is 10.1. The van der Waals surface area contributed by atoms with E-state index >= 15 is 0 Å². The number of hydrogen-bond acceptors (Lipinski definition) is 5. The Kier molecular flexibility index (Phi) is 7.60. The second-order valence-corrected chi connectivity index (χ2v) is 12.0. The van der Waals surface area contributed by atoms with E-state index in [4.69, 9.17) is 4.74 Å². The van der Waals surface area contributed by atoms with E-state index in [1.807, 2.05) is 0 Å². The Morgan fingerprint density at radius 2 is 1.83 bits per heavy atom. The topological polar surface area (TPSA) is 49.8 Å². The van der Waals surface area contributed by atoms with Gasteiger partial charge in [-0.2, -0.15) is 13.2 Å². The zero-order chi connectivity index (χ0) is 26.3. The molecule has 0 saturated heterocycles. The molecule has 12 heteroatoms. The first-order chi connectivity index (χ1) is 16.8. The van der Waals surface area contributed by atoms with Gasteiger partial charge in [0.2, 0.25) is 5.92 Å². The fourth-order valence-corrected chi connectivity index (χ4v) is 6.02. The maximum atomic E-state index is 14.1. The van der Waals surface area contributed by atoms with Gasteiger partial charge in [0, 0.05) is 24.4 Å². The number of rotatable bonds is 8. The standard InChI is InChI=1S/C24H25F6NO3S2/c1-22(26,27)7-6-15-12-31(17-4-2-16(25)3-5-17)19-10-18(24(28,29)30)20(11-21(19)36(33)13-15)34-14-23(35-32)8-9-23/h2-5,10-11,15,32H,6-9,12-14H2,1H3/t15-,36?/m1/s1. The smallest absolute Gasteiger partial charge is 0.420 e. The molecule has 4 rings (SSSR count). The van der Waals surface area contributed by atoms with Crippen LogP contribution < -0.4 is 9.64 Å². The Hall–Kier alpha value is -1.92. The van der Waals surface area contributed by atoms with Crippen molar-refractivity contribution < 1.29 is 39.8 Å². The molecule has 1 heterocycles. The van der Waals surface area contributed by atoms with Crippen LogP contribution in [0.2, 0.25) is 0 Å². The Balaban J connectivity index is 1.78. The summed E-state index contributed by atoms with van der Waals surface area (Å²) < 4.78 is 111. The maximum Gasteiger partial charge on any atom is 0.420 e. The van der Waals surface area contributed by atoms with Gasteiger partial charge in [-0.3, -0.25) is 4.21 Å². The summed E-state index contributed by atoms with van der Waals surface area (Å²) in [5.41, 5.74) is -0.731. The van der Waals surface area contributed by atoms with Crippen LogP contribution in [0.1, 0.15) is 38.2 Å². The van der Waals surface area contributed by atoms with E-state index in [2.05, 4.69) is 0 Å². The van der Waals surface area contributed by atoms with Gasteiger partial charge in [-0.25, -0.2) is 13.2 Å². The van der Waals surface area contributed by atoms with Gasteiger partial charge in [-0.15, -0.1) is 0 Å². The SMILES string of the molecule is CC(F)(F)CC[C@@H]1CN(c2ccc(F)cc2)c2cc(C(F)(F)F)c(OCC3(SO)CC3)cc2S(=O)C1. The minimum absolute atomic E-state index is 0.00282. The predicted molar refractivity (Wildman–Crippen MR) is 127 cm³/mol. The lowest BCUT2D eigenvalue weighted by Gasteiger charge is -2.29. The minimum atomic E-state index is -4.81. The van der Waals surface area contributed by atoms with Crippen LogP contribution >= 0.6 is 12.0 Å². The molecule has 4 nitrogen and oxygen atoms in total. The Bertz CT molecular complexity index is 1120. The Labute approximate surface area is 211 Å². The minimum Gasteiger partial charge on any atom is -0.491 e. The molecule has 2 atom stereocenters. The molecule has 1 N–H and O–H groups in total. The molecule has 0 aromatic heterocycles. The van der Waals surface area contributed by atoms with E-state index in [0.717, 1.165) is 31.2 Å². The van der Waals surface area contributed by atoms with Crippen molar-refractivity contribution in [3.05, 3.63) is 47.8 Å². The van der Waals surface area contributed by atoms with Crippen LogP contribution in [0.4, 0.5) is 37.7 Å². The van der Waals surface area contributed by atoms with Gasteiger partial charge in [0.1, 0.15) is 18.2 Å². The molecule has 2 aliphatic rings. The van der Waals surface area contributed by atoms with Crippen LogP contribution in [0.3, 0.4) is 0 Å². The maximum absolute atomic E-state index is 14.1. The molecule has 0 amide bonds. The summed E-state index contributed by atoms with van der Waals surface area (Å²) in [6.07, 6.45) is -4.08. The number of benzene rings is 2. The third-order valence-electron chi connectivity index (χ3n) is 6.35. The number of halogens is 6. The van der Waals surface area contributed by atoms with E-state index in [0.29, 0.717) is 30.6 Å². The summed E-state index contributed by atoms with van der Waals surface area (Å²) in [4.78, 5) is 1.55. The van der Waals surface area contributed by atoms with E-state index < -0.39 is 57.1 Å². The first-order valence-electron chi connectivity index (χ1n) is 11.3. The first kappa shape index (κ1) is 27.1. The van der Waals surface area contributed by atoms with Crippen LogP contribution in [0.25, 0.3) is 0 Å².